The fourth-order valence-corrected chi connectivity index (χ4v) is 3.11. The summed E-state index contributed by atoms with van der Waals surface area (Å²) < 4.78 is 5.77. The number of halogens is 1. The van der Waals surface area contributed by atoms with Crippen LogP contribution in [0.4, 0.5) is 0 Å². The molecule has 0 radical (unpaired) electrons. The van der Waals surface area contributed by atoms with E-state index >= 15 is 0 Å². The van der Waals surface area contributed by atoms with Crippen LogP contribution in [0.5, 0.6) is 5.75 Å². The van der Waals surface area contributed by atoms with E-state index in [-0.39, 0.29) is 0 Å². The molecule has 0 aliphatic rings. The van der Waals surface area contributed by atoms with Crippen LogP contribution < -0.4 is 4.74 Å². The van der Waals surface area contributed by atoms with Gasteiger partial charge in [0.05, 0.1) is 23.2 Å². The Morgan fingerprint density at radius 2 is 1.95 bits per heavy atom. The number of benzene rings is 1. The highest BCUT2D eigenvalue weighted by molar-refractivity contribution is 7.09. The van der Waals surface area contributed by atoms with Gasteiger partial charge in [0, 0.05) is 5.38 Å². The number of aryl methyl sites for hydroxylation is 1. The number of unbranched alkanes of at least 4 members (excludes halogenated alkanes) is 1. The molecule has 1 heterocycles. The van der Waals surface area contributed by atoms with E-state index in [9.17, 15) is 0 Å². The first-order chi connectivity index (χ1) is 10.2. The molecule has 0 bridgehead atoms. The summed E-state index contributed by atoms with van der Waals surface area (Å²) in [5, 5.41) is 3.21. The summed E-state index contributed by atoms with van der Waals surface area (Å²) in [5.74, 6) is 2.03. The Bertz CT molecular complexity index is 536. The van der Waals surface area contributed by atoms with E-state index in [0.717, 1.165) is 37.3 Å². The van der Waals surface area contributed by atoms with Crippen LogP contribution in [-0.2, 0) is 12.3 Å². The predicted molar refractivity (Wildman–Crippen MR) is 90.6 cm³/mol. The van der Waals surface area contributed by atoms with Crippen LogP contribution in [0, 0.1) is 0 Å². The standard InChI is InChI=1S/C17H22ClNOS/c1-13(2)14-6-8-16(9-7-14)20-10-4-3-5-17-19-15(11-18)12-21-17/h6-9,12-13H,3-5,10-11H2,1-2H3. The second kappa shape index (κ2) is 8.40. The van der Waals surface area contributed by atoms with Gasteiger partial charge in [0.25, 0.3) is 0 Å². The summed E-state index contributed by atoms with van der Waals surface area (Å²) in [6.45, 7) is 5.16. The molecule has 0 fully saturated rings. The quantitative estimate of drug-likeness (QED) is 0.479. The van der Waals surface area contributed by atoms with Crippen molar-refractivity contribution in [1.29, 1.82) is 0 Å². The van der Waals surface area contributed by atoms with Gasteiger partial charge >= 0.3 is 0 Å². The third-order valence-corrected chi connectivity index (χ3v) is 4.57. The Morgan fingerprint density at radius 1 is 1.19 bits per heavy atom. The summed E-state index contributed by atoms with van der Waals surface area (Å²) in [7, 11) is 0. The highest BCUT2D eigenvalue weighted by Crippen LogP contribution is 2.19. The molecule has 21 heavy (non-hydrogen) atoms. The molecule has 0 atom stereocenters. The second-order valence-electron chi connectivity index (χ2n) is 5.40. The number of thiazole rings is 1. The van der Waals surface area contributed by atoms with E-state index < -0.39 is 0 Å². The summed E-state index contributed by atoms with van der Waals surface area (Å²) in [4.78, 5) is 4.46. The molecule has 0 saturated carbocycles. The minimum absolute atomic E-state index is 0.506. The lowest BCUT2D eigenvalue weighted by atomic mass is 10.0. The fourth-order valence-electron chi connectivity index (χ4n) is 2.04. The molecule has 0 amide bonds. The largest absolute Gasteiger partial charge is 0.494 e. The zero-order chi connectivity index (χ0) is 15.1. The van der Waals surface area contributed by atoms with Crippen molar-refractivity contribution in [1.82, 2.24) is 4.98 Å². The minimum atomic E-state index is 0.506. The molecular formula is C17H22ClNOS. The molecule has 0 aliphatic carbocycles. The first-order valence-electron chi connectivity index (χ1n) is 7.41. The molecule has 1 aromatic carbocycles. The molecule has 0 unspecified atom stereocenters. The normalized spacial score (nSPS) is 11.0. The van der Waals surface area contributed by atoms with E-state index in [1.165, 1.54) is 10.6 Å². The number of alkyl halides is 1. The maximum atomic E-state index is 5.77. The lowest BCUT2D eigenvalue weighted by molar-refractivity contribution is 0.307. The average molecular weight is 324 g/mol. The number of hydrogen-bond donors (Lipinski definition) is 0. The minimum Gasteiger partial charge on any atom is -0.494 e. The van der Waals surface area contributed by atoms with Crippen molar-refractivity contribution >= 4 is 22.9 Å². The second-order valence-corrected chi connectivity index (χ2v) is 6.61. The Morgan fingerprint density at radius 3 is 2.57 bits per heavy atom. The number of rotatable bonds is 8. The van der Waals surface area contributed by atoms with Gasteiger partial charge in [-0.3, -0.25) is 0 Å². The molecule has 4 heteroatoms. The maximum absolute atomic E-state index is 5.77. The zero-order valence-corrected chi connectivity index (χ0v) is 14.2. The SMILES string of the molecule is CC(C)c1ccc(OCCCCc2nc(CCl)cs2)cc1. The lowest BCUT2D eigenvalue weighted by Gasteiger charge is -2.08. The van der Waals surface area contributed by atoms with Gasteiger partial charge in [-0.05, 0) is 42.9 Å². The first kappa shape index (κ1) is 16.3. The van der Waals surface area contributed by atoms with Crippen molar-refractivity contribution in [3.05, 3.63) is 45.9 Å². The molecular weight excluding hydrogens is 302 g/mol. The summed E-state index contributed by atoms with van der Waals surface area (Å²) in [6, 6.07) is 8.40. The average Bonchev–Trinajstić information content (AvgIpc) is 2.95. The van der Waals surface area contributed by atoms with Crippen molar-refractivity contribution in [2.75, 3.05) is 6.61 Å². The van der Waals surface area contributed by atoms with Gasteiger partial charge in [-0.15, -0.1) is 22.9 Å². The van der Waals surface area contributed by atoms with Crippen molar-refractivity contribution in [2.24, 2.45) is 0 Å². The van der Waals surface area contributed by atoms with Crippen LogP contribution in [0.25, 0.3) is 0 Å². The van der Waals surface area contributed by atoms with Crippen molar-refractivity contribution in [3.8, 4) is 5.75 Å². The highest BCUT2D eigenvalue weighted by atomic mass is 35.5. The van der Waals surface area contributed by atoms with Crippen LogP contribution in [0.15, 0.2) is 29.6 Å². The molecule has 0 aliphatic heterocycles. The van der Waals surface area contributed by atoms with E-state index in [0.29, 0.717) is 11.8 Å². The zero-order valence-electron chi connectivity index (χ0n) is 12.6. The van der Waals surface area contributed by atoms with Gasteiger partial charge in [0.1, 0.15) is 5.75 Å². The highest BCUT2D eigenvalue weighted by Gasteiger charge is 2.02. The number of aromatic nitrogens is 1. The Hall–Kier alpha value is -1.06. The Kier molecular flexibility index (Phi) is 6.52. The molecule has 0 spiro atoms. The van der Waals surface area contributed by atoms with Crippen molar-refractivity contribution < 1.29 is 4.74 Å². The van der Waals surface area contributed by atoms with Crippen molar-refractivity contribution in [2.45, 2.75) is 44.9 Å². The van der Waals surface area contributed by atoms with Crippen LogP contribution in [0.3, 0.4) is 0 Å². The summed E-state index contributed by atoms with van der Waals surface area (Å²) in [6.07, 6.45) is 3.15. The van der Waals surface area contributed by atoms with Gasteiger partial charge in [0.2, 0.25) is 0 Å². The lowest BCUT2D eigenvalue weighted by Crippen LogP contribution is -1.98. The number of nitrogens with zero attached hydrogens (tertiary/aromatic N) is 1. The molecule has 2 aromatic rings. The summed E-state index contributed by atoms with van der Waals surface area (Å²) in [5.41, 5.74) is 2.33. The number of ether oxygens (including phenoxy) is 1. The summed E-state index contributed by atoms with van der Waals surface area (Å²) >= 11 is 7.44. The van der Waals surface area contributed by atoms with Gasteiger partial charge in [-0.1, -0.05) is 26.0 Å². The maximum Gasteiger partial charge on any atom is 0.119 e. The Balaban J connectivity index is 1.65. The van der Waals surface area contributed by atoms with Crippen LogP contribution in [-0.4, -0.2) is 11.6 Å². The number of hydrogen-bond acceptors (Lipinski definition) is 3. The molecule has 0 saturated heterocycles. The van der Waals surface area contributed by atoms with E-state index in [1.807, 2.05) is 5.38 Å². The fraction of sp³-hybridized carbons (Fsp3) is 0.471. The monoisotopic (exact) mass is 323 g/mol. The van der Waals surface area contributed by atoms with Gasteiger partial charge in [0.15, 0.2) is 0 Å². The molecule has 2 rings (SSSR count). The third-order valence-electron chi connectivity index (χ3n) is 3.34. The van der Waals surface area contributed by atoms with Gasteiger partial charge in [-0.2, -0.15) is 0 Å². The topological polar surface area (TPSA) is 22.1 Å². The van der Waals surface area contributed by atoms with Crippen LogP contribution >= 0.6 is 22.9 Å². The van der Waals surface area contributed by atoms with Gasteiger partial charge in [-0.25, -0.2) is 4.98 Å². The van der Waals surface area contributed by atoms with Crippen LogP contribution in [0.2, 0.25) is 0 Å². The van der Waals surface area contributed by atoms with E-state index in [2.05, 4.69) is 43.1 Å². The smallest absolute Gasteiger partial charge is 0.119 e. The molecule has 0 N–H and O–H groups in total. The van der Waals surface area contributed by atoms with E-state index in [4.69, 9.17) is 16.3 Å². The first-order valence-corrected chi connectivity index (χ1v) is 8.82. The van der Waals surface area contributed by atoms with Gasteiger partial charge < -0.3 is 4.74 Å². The molecule has 114 valence electrons. The Labute approximate surface area is 136 Å². The van der Waals surface area contributed by atoms with Crippen molar-refractivity contribution in [3.63, 3.8) is 0 Å². The molecule has 1 aromatic heterocycles. The van der Waals surface area contributed by atoms with Crippen LogP contribution in [0.1, 0.15) is 48.9 Å². The molecule has 2 nitrogen and oxygen atoms in total. The van der Waals surface area contributed by atoms with E-state index in [1.54, 1.807) is 11.3 Å². The predicted octanol–water partition coefficient (Wildman–Crippen LogP) is 5.41. The third kappa shape index (κ3) is 5.33.